The summed E-state index contributed by atoms with van der Waals surface area (Å²) in [6.45, 7) is 3.65. The van der Waals surface area contributed by atoms with Crippen LogP contribution in [0.4, 0.5) is 0 Å². The van der Waals surface area contributed by atoms with Crippen LogP contribution >= 0.6 is 0 Å². The van der Waals surface area contributed by atoms with Crippen molar-refractivity contribution in [3.63, 3.8) is 0 Å². The second-order valence-electron chi connectivity index (χ2n) is 4.40. The quantitative estimate of drug-likeness (QED) is 0.847. The lowest BCUT2D eigenvalue weighted by atomic mass is 10.2. The molecule has 2 aromatic rings. The Morgan fingerprint density at radius 2 is 2.17 bits per heavy atom. The molecule has 0 aliphatic carbocycles. The second-order valence-corrected chi connectivity index (χ2v) is 4.40. The highest BCUT2D eigenvalue weighted by molar-refractivity contribution is 5.27. The summed E-state index contributed by atoms with van der Waals surface area (Å²) < 4.78 is 1.85. The van der Waals surface area contributed by atoms with E-state index in [1.54, 1.807) is 12.1 Å². The smallest absolute Gasteiger partial charge is 0.115 e. The Kier molecular flexibility index (Phi) is 3.99. The number of hydrogen-bond acceptors (Lipinski definition) is 3. The van der Waals surface area contributed by atoms with Crippen LogP contribution in [-0.4, -0.2) is 14.9 Å². The molecule has 0 aliphatic rings. The van der Waals surface area contributed by atoms with Crippen LogP contribution < -0.4 is 5.32 Å². The number of nitrogens with zero attached hydrogens (tertiary/aromatic N) is 2. The molecule has 4 heteroatoms. The number of nitrogens with one attached hydrogen (secondary N) is 1. The van der Waals surface area contributed by atoms with Crippen LogP contribution in [0.3, 0.4) is 0 Å². The minimum absolute atomic E-state index is 0.310. The maximum atomic E-state index is 9.37. The van der Waals surface area contributed by atoms with Crippen LogP contribution in [0.5, 0.6) is 5.75 Å². The zero-order valence-corrected chi connectivity index (χ0v) is 10.8. The van der Waals surface area contributed by atoms with Crippen LogP contribution in [0.1, 0.15) is 23.7 Å². The number of aryl methyl sites for hydroxylation is 2. The Balaban J connectivity index is 1.92. The summed E-state index contributed by atoms with van der Waals surface area (Å²) in [5.74, 6) is 0.310. The molecule has 0 aliphatic heterocycles. The van der Waals surface area contributed by atoms with Gasteiger partial charge in [-0.3, -0.25) is 4.68 Å². The molecule has 2 N–H and O–H groups in total. The van der Waals surface area contributed by atoms with Gasteiger partial charge in [-0.25, -0.2) is 0 Å². The number of hydrogen-bond donors (Lipinski definition) is 2. The van der Waals surface area contributed by atoms with Crippen molar-refractivity contribution < 1.29 is 5.11 Å². The van der Waals surface area contributed by atoms with Crippen LogP contribution in [0, 0.1) is 0 Å². The summed E-state index contributed by atoms with van der Waals surface area (Å²) in [5, 5.41) is 17.1. The van der Waals surface area contributed by atoms with Crippen molar-refractivity contribution in [1.29, 1.82) is 0 Å². The van der Waals surface area contributed by atoms with Gasteiger partial charge in [-0.2, -0.15) is 5.10 Å². The van der Waals surface area contributed by atoms with Crippen LogP contribution in [0.25, 0.3) is 0 Å². The first-order chi connectivity index (χ1) is 8.69. The SMILES string of the molecule is CCc1nn(C)cc1CNCc1cccc(O)c1. The number of phenols is 1. The van der Waals surface area contributed by atoms with Gasteiger partial charge in [-0.1, -0.05) is 19.1 Å². The highest BCUT2D eigenvalue weighted by atomic mass is 16.3. The summed E-state index contributed by atoms with van der Waals surface area (Å²) in [5.41, 5.74) is 3.46. The van der Waals surface area contributed by atoms with Gasteiger partial charge in [0.25, 0.3) is 0 Å². The highest BCUT2D eigenvalue weighted by Gasteiger charge is 2.05. The van der Waals surface area contributed by atoms with Gasteiger partial charge in [0.05, 0.1) is 5.69 Å². The van der Waals surface area contributed by atoms with Gasteiger partial charge in [-0.15, -0.1) is 0 Å². The predicted molar refractivity (Wildman–Crippen MR) is 71.2 cm³/mol. The zero-order chi connectivity index (χ0) is 13.0. The van der Waals surface area contributed by atoms with Gasteiger partial charge in [0.1, 0.15) is 5.75 Å². The standard InChI is InChI=1S/C14H19N3O/c1-3-14-12(10-17(2)16-14)9-15-8-11-5-4-6-13(18)7-11/h4-7,10,15,18H,3,8-9H2,1-2H3. The van der Waals surface area contributed by atoms with E-state index in [1.807, 2.05) is 30.1 Å². The van der Waals surface area contributed by atoms with Gasteiger partial charge < -0.3 is 10.4 Å². The molecule has 18 heavy (non-hydrogen) atoms. The molecule has 1 heterocycles. The molecule has 1 aromatic carbocycles. The van der Waals surface area contributed by atoms with E-state index >= 15 is 0 Å². The lowest BCUT2D eigenvalue weighted by Gasteiger charge is -2.05. The summed E-state index contributed by atoms with van der Waals surface area (Å²) >= 11 is 0. The third-order valence-corrected chi connectivity index (χ3v) is 2.88. The molecule has 0 amide bonds. The van der Waals surface area contributed by atoms with Gasteiger partial charge >= 0.3 is 0 Å². The molecule has 96 valence electrons. The van der Waals surface area contributed by atoms with Gasteiger partial charge in [0.15, 0.2) is 0 Å². The predicted octanol–water partition coefficient (Wildman–Crippen LogP) is 1.98. The fourth-order valence-corrected chi connectivity index (χ4v) is 2.04. The summed E-state index contributed by atoms with van der Waals surface area (Å²) in [7, 11) is 1.94. The highest BCUT2D eigenvalue weighted by Crippen LogP contribution is 2.11. The van der Waals surface area contributed by atoms with Crippen LogP contribution in [0.15, 0.2) is 30.5 Å². The summed E-state index contributed by atoms with van der Waals surface area (Å²) in [6.07, 6.45) is 3.00. The van der Waals surface area contributed by atoms with Crippen molar-refractivity contribution >= 4 is 0 Å². The number of aromatic hydroxyl groups is 1. The molecule has 0 unspecified atom stereocenters. The van der Waals surface area contributed by atoms with Crippen molar-refractivity contribution in [3.8, 4) is 5.75 Å². The lowest BCUT2D eigenvalue weighted by Crippen LogP contribution is -2.13. The molecule has 0 bridgehead atoms. The van der Waals surface area contributed by atoms with Crippen LogP contribution in [-0.2, 0) is 26.6 Å². The van der Waals surface area contributed by atoms with E-state index in [2.05, 4.69) is 17.3 Å². The normalized spacial score (nSPS) is 10.8. The zero-order valence-electron chi connectivity index (χ0n) is 10.8. The molecule has 2 rings (SSSR count). The molecule has 0 atom stereocenters. The molecule has 0 radical (unpaired) electrons. The van der Waals surface area contributed by atoms with Crippen molar-refractivity contribution in [2.75, 3.05) is 0 Å². The maximum absolute atomic E-state index is 9.37. The fourth-order valence-electron chi connectivity index (χ4n) is 2.04. The molecular formula is C14H19N3O. The Morgan fingerprint density at radius 3 is 2.89 bits per heavy atom. The third kappa shape index (κ3) is 3.11. The minimum atomic E-state index is 0.310. The summed E-state index contributed by atoms with van der Waals surface area (Å²) in [6, 6.07) is 7.31. The average Bonchev–Trinajstić information content (AvgIpc) is 2.70. The molecule has 4 nitrogen and oxygen atoms in total. The minimum Gasteiger partial charge on any atom is -0.508 e. The van der Waals surface area contributed by atoms with Crippen LogP contribution in [0.2, 0.25) is 0 Å². The second kappa shape index (κ2) is 5.69. The Labute approximate surface area is 107 Å². The molecule has 0 saturated heterocycles. The number of benzene rings is 1. The van der Waals surface area contributed by atoms with E-state index in [9.17, 15) is 5.11 Å². The van der Waals surface area contributed by atoms with Crippen molar-refractivity contribution in [2.45, 2.75) is 26.4 Å². The van der Waals surface area contributed by atoms with Crippen molar-refractivity contribution in [1.82, 2.24) is 15.1 Å². The molecular weight excluding hydrogens is 226 g/mol. The molecule has 1 aromatic heterocycles. The number of phenolic OH excluding ortho intramolecular Hbond substituents is 1. The maximum Gasteiger partial charge on any atom is 0.115 e. The number of rotatable bonds is 5. The molecule has 0 spiro atoms. The van der Waals surface area contributed by atoms with E-state index in [0.29, 0.717) is 5.75 Å². The first-order valence-electron chi connectivity index (χ1n) is 6.19. The van der Waals surface area contributed by atoms with Gasteiger partial charge in [0, 0.05) is 31.9 Å². The lowest BCUT2D eigenvalue weighted by molar-refractivity contribution is 0.474. The monoisotopic (exact) mass is 245 g/mol. The van der Waals surface area contributed by atoms with Crippen molar-refractivity contribution in [3.05, 3.63) is 47.3 Å². The molecule has 0 saturated carbocycles. The first kappa shape index (κ1) is 12.6. The fraction of sp³-hybridized carbons (Fsp3) is 0.357. The molecule has 0 fully saturated rings. The van der Waals surface area contributed by atoms with E-state index < -0.39 is 0 Å². The van der Waals surface area contributed by atoms with E-state index in [4.69, 9.17) is 0 Å². The van der Waals surface area contributed by atoms with E-state index in [0.717, 1.165) is 30.8 Å². The Morgan fingerprint density at radius 1 is 1.33 bits per heavy atom. The third-order valence-electron chi connectivity index (χ3n) is 2.88. The average molecular weight is 245 g/mol. The Bertz CT molecular complexity index is 520. The number of aromatic nitrogens is 2. The van der Waals surface area contributed by atoms with E-state index in [-0.39, 0.29) is 0 Å². The Hall–Kier alpha value is -1.81. The summed E-state index contributed by atoms with van der Waals surface area (Å²) in [4.78, 5) is 0. The van der Waals surface area contributed by atoms with E-state index in [1.165, 1.54) is 5.56 Å². The van der Waals surface area contributed by atoms with Crippen molar-refractivity contribution in [2.24, 2.45) is 7.05 Å². The van der Waals surface area contributed by atoms with Gasteiger partial charge in [-0.05, 0) is 24.1 Å². The van der Waals surface area contributed by atoms with Gasteiger partial charge in [0.2, 0.25) is 0 Å². The topological polar surface area (TPSA) is 50.1 Å². The first-order valence-corrected chi connectivity index (χ1v) is 6.19. The largest absolute Gasteiger partial charge is 0.508 e.